The summed E-state index contributed by atoms with van der Waals surface area (Å²) in [7, 11) is 2.08. The number of ether oxygens (including phenoxy) is 1. The highest BCUT2D eigenvalue weighted by Gasteiger charge is 2.25. The van der Waals surface area contributed by atoms with Gasteiger partial charge in [-0.1, -0.05) is 19.4 Å². The lowest BCUT2D eigenvalue weighted by atomic mass is 10.0. The van der Waals surface area contributed by atoms with Crippen LogP contribution in [0.2, 0.25) is 0 Å². The van der Waals surface area contributed by atoms with Crippen LogP contribution in [-0.4, -0.2) is 49.2 Å². The van der Waals surface area contributed by atoms with E-state index in [9.17, 15) is 9.90 Å². The summed E-state index contributed by atoms with van der Waals surface area (Å²) in [4.78, 5) is 15.9. The van der Waals surface area contributed by atoms with Gasteiger partial charge in [0.25, 0.3) is 5.91 Å². The van der Waals surface area contributed by atoms with Crippen LogP contribution in [0.15, 0.2) is 18.2 Å². The predicted octanol–water partition coefficient (Wildman–Crippen LogP) is 2.59. The van der Waals surface area contributed by atoms with Crippen molar-refractivity contribution in [1.29, 1.82) is 0 Å². The predicted molar refractivity (Wildman–Crippen MR) is 91.9 cm³/mol. The number of likely N-dealkylation sites (N-methyl/N-ethyl adjacent to an activating group) is 1. The first-order valence-electron chi connectivity index (χ1n) is 8.50. The molecule has 1 unspecified atom stereocenters. The number of carbonyl (C=O) groups excluding carboxylic acids is 1. The van der Waals surface area contributed by atoms with E-state index in [1.807, 2.05) is 25.1 Å². The van der Waals surface area contributed by atoms with E-state index in [1.165, 1.54) is 12.8 Å². The van der Waals surface area contributed by atoms with Crippen LogP contribution in [0.1, 0.15) is 44.8 Å². The van der Waals surface area contributed by atoms with E-state index in [0.29, 0.717) is 18.7 Å². The SMILES string of the molecule is CCCCN(C)CCC(O)c1ccc2c(c1)N(CC)C(=O)CO2. The maximum Gasteiger partial charge on any atom is 0.265 e. The zero-order chi connectivity index (χ0) is 16.8. The fraction of sp³-hybridized carbons (Fsp3) is 0.611. The molecule has 1 N–H and O–H groups in total. The highest BCUT2D eigenvalue weighted by Crippen LogP contribution is 2.34. The zero-order valence-electron chi connectivity index (χ0n) is 14.4. The van der Waals surface area contributed by atoms with Gasteiger partial charge in [-0.3, -0.25) is 4.79 Å². The maximum absolute atomic E-state index is 11.9. The molecule has 0 saturated carbocycles. The lowest BCUT2D eigenvalue weighted by molar-refractivity contribution is -0.121. The molecule has 0 aromatic heterocycles. The van der Waals surface area contributed by atoms with Crippen molar-refractivity contribution in [2.45, 2.75) is 39.2 Å². The van der Waals surface area contributed by atoms with Gasteiger partial charge in [0.15, 0.2) is 6.61 Å². The van der Waals surface area contributed by atoms with Crippen LogP contribution in [0, 0.1) is 0 Å². The van der Waals surface area contributed by atoms with Crippen molar-refractivity contribution < 1.29 is 14.6 Å². The Balaban J connectivity index is 2.03. The molecule has 0 saturated heterocycles. The number of amides is 1. The summed E-state index contributed by atoms with van der Waals surface area (Å²) in [5.74, 6) is 0.674. The molecule has 5 nitrogen and oxygen atoms in total. The third-order valence-electron chi connectivity index (χ3n) is 4.30. The second-order valence-corrected chi connectivity index (χ2v) is 6.12. The van der Waals surface area contributed by atoms with E-state index in [-0.39, 0.29) is 12.5 Å². The molecule has 1 amide bonds. The standard InChI is InChI=1S/C18H28N2O3/c1-4-6-10-19(3)11-9-16(21)14-7-8-17-15(12-14)20(5-2)18(22)13-23-17/h7-8,12,16,21H,4-6,9-11,13H2,1-3H3. The van der Waals surface area contributed by atoms with Gasteiger partial charge in [-0.05, 0) is 51.1 Å². The minimum Gasteiger partial charge on any atom is -0.482 e. The lowest BCUT2D eigenvalue weighted by Crippen LogP contribution is -2.38. The second-order valence-electron chi connectivity index (χ2n) is 6.12. The Morgan fingerprint density at radius 3 is 2.83 bits per heavy atom. The van der Waals surface area contributed by atoms with Crippen molar-refractivity contribution in [3.8, 4) is 5.75 Å². The number of rotatable bonds is 8. The van der Waals surface area contributed by atoms with E-state index in [0.717, 1.165) is 24.3 Å². The van der Waals surface area contributed by atoms with Crippen molar-refractivity contribution in [2.75, 3.05) is 38.2 Å². The Hall–Kier alpha value is -1.59. The van der Waals surface area contributed by atoms with Crippen LogP contribution in [0.25, 0.3) is 0 Å². The summed E-state index contributed by atoms with van der Waals surface area (Å²) >= 11 is 0. The van der Waals surface area contributed by atoms with E-state index < -0.39 is 6.10 Å². The Morgan fingerprint density at radius 1 is 1.35 bits per heavy atom. The molecule has 23 heavy (non-hydrogen) atoms. The summed E-state index contributed by atoms with van der Waals surface area (Å²) in [5.41, 5.74) is 1.60. The van der Waals surface area contributed by atoms with Gasteiger partial charge in [0.2, 0.25) is 0 Å². The maximum atomic E-state index is 11.9. The number of unbranched alkanes of at least 4 members (excludes halogenated alkanes) is 1. The fourth-order valence-electron chi connectivity index (χ4n) is 2.82. The molecule has 0 fully saturated rings. The smallest absolute Gasteiger partial charge is 0.265 e. The fourth-order valence-corrected chi connectivity index (χ4v) is 2.82. The van der Waals surface area contributed by atoms with E-state index in [2.05, 4.69) is 18.9 Å². The average Bonchev–Trinajstić information content (AvgIpc) is 2.57. The van der Waals surface area contributed by atoms with Crippen molar-refractivity contribution in [1.82, 2.24) is 4.90 Å². The number of benzene rings is 1. The number of carbonyl (C=O) groups is 1. The molecule has 2 rings (SSSR count). The quantitative estimate of drug-likeness (QED) is 0.800. The van der Waals surface area contributed by atoms with Gasteiger partial charge >= 0.3 is 0 Å². The number of hydrogen-bond donors (Lipinski definition) is 1. The van der Waals surface area contributed by atoms with E-state index >= 15 is 0 Å². The summed E-state index contributed by atoms with van der Waals surface area (Å²) < 4.78 is 5.46. The number of fused-ring (bicyclic) bond motifs is 1. The van der Waals surface area contributed by atoms with Gasteiger partial charge in [0.05, 0.1) is 11.8 Å². The van der Waals surface area contributed by atoms with Crippen LogP contribution < -0.4 is 9.64 Å². The minimum atomic E-state index is -0.528. The molecule has 1 aliphatic heterocycles. The Bertz CT molecular complexity index is 533. The molecule has 0 radical (unpaired) electrons. The number of aliphatic hydroxyl groups excluding tert-OH is 1. The number of aliphatic hydroxyl groups is 1. The Morgan fingerprint density at radius 2 is 2.13 bits per heavy atom. The van der Waals surface area contributed by atoms with Gasteiger partial charge < -0.3 is 19.6 Å². The molecular weight excluding hydrogens is 292 g/mol. The first kappa shape index (κ1) is 17.8. The summed E-state index contributed by atoms with van der Waals surface area (Å²) in [6.45, 7) is 6.72. The van der Waals surface area contributed by atoms with Crippen LogP contribution >= 0.6 is 0 Å². The van der Waals surface area contributed by atoms with Crippen molar-refractivity contribution in [2.24, 2.45) is 0 Å². The largest absolute Gasteiger partial charge is 0.482 e. The molecule has 128 valence electrons. The second kappa shape index (κ2) is 8.31. The molecule has 0 spiro atoms. The molecular formula is C18H28N2O3. The summed E-state index contributed by atoms with van der Waals surface area (Å²) in [5, 5.41) is 10.5. The van der Waals surface area contributed by atoms with Gasteiger partial charge in [-0.15, -0.1) is 0 Å². The van der Waals surface area contributed by atoms with Crippen LogP contribution in [0.3, 0.4) is 0 Å². The number of hydrogen-bond acceptors (Lipinski definition) is 4. The molecule has 1 atom stereocenters. The van der Waals surface area contributed by atoms with E-state index in [1.54, 1.807) is 4.90 Å². The van der Waals surface area contributed by atoms with Crippen molar-refractivity contribution >= 4 is 11.6 Å². The topological polar surface area (TPSA) is 53.0 Å². The minimum absolute atomic E-state index is 0.0362. The van der Waals surface area contributed by atoms with Crippen molar-refractivity contribution in [3.05, 3.63) is 23.8 Å². The van der Waals surface area contributed by atoms with Crippen molar-refractivity contribution in [3.63, 3.8) is 0 Å². The van der Waals surface area contributed by atoms with Crippen LogP contribution in [0.4, 0.5) is 5.69 Å². The molecule has 1 aromatic carbocycles. The van der Waals surface area contributed by atoms with Gasteiger partial charge in [0.1, 0.15) is 5.75 Å². The summed E-state index contributed by atoms with van der Waals surface area (Å²) in [6, 6.07) is 5.62. The Labute approximate surface area is 138 Å². The monoisotopic (exact) mass is 320 g/mol. The first-order valence-corrected chi connectivity index (χ1v) is 8.50. The van der Waals surface area contributed by atoms with Crippen LogP contribution in [-0.2, 0) is 4.79 Å². The summed E-state index contributed by atoms with van der Waals surface area (Å²) in [6.07, 6.45) is 2.51. The normalized spacial score (nSPS) is 15.5. The first-order chi connectivity index (χ1) is 11.1. The number of anilines is 1. The third kappa shape index (κ3) is 4.45. The average molecular weight is 320 g/mol. The molecule has 1 aliphatic rings. The molecule has 0 bridgehead atoms. The molecule has 1 aromatic rings. The molecule has 1 heterocycles. The van der Waals surface area contributed by atoms with E-state index in [4.69, 9.17) is 4.74 Å². The zero-order valence-corrected chi connectivity index (χ0v) is 14.4. The van der Waals surface area contributed by atoms with Gasteiger partial charge in [-0.25, -0.2) is 0 Å². The molecule has 5 heteroatoms. The highest BCUT2D eigenvalue weighted by molar-refractivity contribution is 5.97. The molecule has 0 aliphatic carbocycles. The Kier molecular flexibility index (Phi) is 6.42. The third-order valence-corrected chi connectivity index (χ3v) is 4.30. The van der Waals surface area contributed by atoms with Gasteiger partial charge in [0, 0.05) is 13.1 Å². The lowest BCUT2D eigenvalue weighted by Gasteiger charge is -2.29. The number of nitrogens with zero attached hydrogens (tertiary/aromatic N) is 2. The van der Waals surface area contributed by atoms with Gasteiger partial charge in [-0.2, -0.15) is 0 Å². The van der Waals surface area contributed by atoms with Crippen LogP contribution in [0.5, 0.6) is 5.75 Å². The highest BCUT2D eigenvalue weighted by atomic mass is 16.5.